The van der Waals surface area contributed by atoms with E-state index < -0.39 is 0 Å². The Bertz CT molecular complexity index is 483. The van der Waals surface area contributed by atoms with Crippen LogP contribution in [-0.2, 0) is 6.61 Å². The molecule has 86 valence electrons. The average molecular weight is 227 g/mol. The van der Waals surface area contributed by atoms with Crippen molar-refractivity contribution < 1.29 is 9.57 Å². The van der Waals surface area contributed by atoms with Gasteiger partial charge in [-0.15, -0.1) is 0 Å². The summed E-state index contributed by atoms with van der Waals surface area (Å²) in [5.74, 6) is 1.36. The van der Waals surface area contributed by atoms with Gasteiger partial charge in [0.25, 0.3) is 0 Å². The molecule has 0 bridgehead atoms. The van der Waals surface area contributed by atoms with Gasteiger partial charge in [0.05, 0.1) is 0 Å². The second kappa shape index (κ2) is 5.70. The third kappa shape index (κ3) is 3.34. The third-order valence-corrected chi connectivity index (χ3v) is 2.22. The summed E-state index contributed by atoms with van der Waals surface area (Å²) in [5, 5.41) is 3.36. The first kappa shape index (κ1) is 11.2. The largest absolute Gasteiger partial charge is 0.489 e. The SMILES string of the molecule is C=NOc1cccc(OCc2ccccc2)c1. The molecule has 0 spiro atoms. The minimum absolute atomic E-state index is 0.534. The van der Waals surface area contributed by atoms with Crippen LogP contribution in [0.1, 0.15) is 5.56 Å². The predicted molar refractivity (Wildman–Crippen MR) is 67.4 cm³/mol. The highest BCUT2D eigenvalue weighted by Gasteiger charge is 1.98. The summed E-state index contributed by atoms with van der Waals surface area (Å²) in [7, 11) is 0. The molecule has 0 aliphatic heterocycles. The van der Waals surface area contributed by atoms with Crippen LogP contribution >= 0.6 is 0 Å². The normalized spacial score (nSPS) is 9.65. The topological polar surface area (TPSA) is 30.8 Å². The van der Waals surface area contributed by atoms with Gasteiger partial charge in [0.15, 0.2) is 5.75 Å². The molecule has 0 saturated carbocycles. The van der Waals surface area contributed by atoms with Crippen molar-refractivity contribution in [3.8, 4) is 11.5 Å². The number of oxime groups is 1. The molecule has 0 aliphatic carbocycles. The molecule has 3 nitrogen and oxygen atoms in total. The lowest BCUT2D eigenvalue weighted by Gasteiger charge is -2.06. The molecule has 3 heteroatoms. The number of hydrogen-bond donors (Lipinski definition) is 0. The highest BCUT2D eigenvalue weighted by Crippen LogP contribution is 2.20. The van der Waals surface area contributed by atoms with E-state index in [0.29, 0.717) is 12.4 Å². The van der Waals surface area contributed by atoms with E-state index in [9.17, 15) is 0 Å². The van der Waals surface area contributed by atoms with Crippen LogP contribution in [0.5, 0.6) is 11.5 Å². The van der Waals surface area contributed by atoms with Crippen LogP contribution in [0.25, 0.3) is 0 Å². The molecule has 0 amide bonds. The minimum Gasteiger partial charge on any atom is -0.489 e. The van der Waals surface area contributed by atoms with Gasteiger partial charge < -0.3 is 9.57 Å². The Balaban J connectivity index is 1.99. The third-order valence-electron chi connectivity index (χ3n) is 2.22. The zero-order valence-electron chi connectivity index (χ0n) is 9.37. The highest BCUT2D eigenvalue weighted by molar-refractivity contribution is 5.33. The lowest BCUT2D eigenvalue weighted by atomic mass is 10.2. The van der Waals surface area contributed by atoms with Crippen molar-refractivity contribution in [1.29, 1.82) is 0 Å². The summed E-state index contributed by atoms with van der Waals surface area (Å²) in [6, 6.07) is 17.3. The van der Waals surface area contributed by atoms with Crippen molar-refractivity contribution >= 4 is 6.72 Å². The summed E-state index contributed by atoms with van der Waals surface area (Å²) in [6.45, 7) is 3.80. The van der Waals surface area contributed by atoms with Crippen LogP contribution in [0.2, 0.25) is 0 Å². The summed E-state index contributed by atoms with van der Waals surface area (Å²) in [6.07, 6.45) is 0. The number of nitrogens with zero attached hydrogens (tertiary/aromatic N) is 1. The Labute approximate surface area is 100 Å². The van der Waals surface area contributed by atoms with Crippen LogP contribution in [0, 0.1) is 0 Å². The predicted octanol–water partition coefficient (Wildman–Crippen LogP) is 3.26. The van der Waals surface area contributed by atoms with E-state index in [1.807, 2.05) is 42.5 Å². The van der Waals surface area contributed by atoms with Crippen molar-refractivity contribution in [2.45, 2.75) is 6.61 Å². The molecule has 0 radical (unpaired) electrons. The maximum absolute atomic E-state index is 5.64. The number of hydrogen-bond acceptors (Lipinski definition) is 3. The lowest BCUT2D eigenvalue weighted by molar-refractivity contribution is 0.300. The molecule has 2 aromatic carbocycles. The van der Waals surface area contributed by atoms with Crippen LogP contribution in [0.15, 0.2) is 59.8 Å². The standard InChI is InChI=1S/C14H13NO2/c1-15-17-14-9-5-8-13(10-14)16-11-12-6-3-2-4-7-12/h2-10H,1,11H2. The summed E-state index contributed by atoms with van der Waals surface area (Å²) < 4.78 is 5.64. The fraction of sp³-hybridized carbons (Fsp3) is 0.0714. The first-order valence-electron chi connectivity index (χ1n) is 5.28. The first-order valence-corrected chi connectivity index (χ1v) is 5.28. The van der Waals surface area contributed by atoms with E-state index in [-0.39, 0.29) is 0 Å². The molecule has 0 atom stereocenters. The van der Waals surface area contributed by atoms with Gasteiger partial charge in [-0.25, -0.2) is 0 Å². The molecule has 2 rings (SSSR count). The molecule has 0 saturated heterocycles. The quantitative estimate of drug-likeness (QED) is 0.579. The fourth-order valence-electron chi connectivity index (χ4n) is 1.44. The van der Waals surface area contributed by atoms with Gasteiger partial charge in [-0.2, -0.15) is 0 Å². The van der Waals surface area contributed by atoms with E-state index >= 15 is 0 Å². The number of rotatable bonds is 5. The number of ether oxygens (including phenoxy) is 1. The molecule has 0 heterocycles. The molecule has 17 heavy (non-hydrogen) atoms. The molecular formula is C14H13NO2. The van der Waals surface area contributed by atoms with Crippen molar-refractivity contribution in [3.05, 3.63) is 60.2 Å². The van der Waals surface area contributed by atoms with Crippen molar-refractivity contribution in [1.82, 2.24) is 0 Å². The maximum atomic E-state index is 5.64. The lowest BCUT2D eigenvalue weighted by Crippen LogP contribution is -1.95. The van der Waals surface area contributed by atoms with Crippen LogP contribution in [0.3, 0.4) is 0 Å². The molecule has 0 aromatic heterocycles. The van der Waals surface area contributed by atoms with Gasteiger partial charge in [0.1, 0.15) is 12.4 Å². The van der Waals surface area contributed by atoms with E-state index in [0.717, 1.165) is 11.3 Å². The molecular weight excluding hydrogens is 214 g/mol. The van der Waals surface area contributed by atoms with Gasteiger partial charge in [-0.05, 0) is 17.7 Å². The zero-order chi connectivity index (χ0) is 11.9. The highest BCUT2D eigenvalue weighted by atomic mass is 16.6. The number of benzene rings is 2. The van der Waals surface area contributed by atoms with Gasteiger partial charge in [0, 0.05) is 12.8 Å². The van der Waals surface area contributed by atoms with Crippen molar-refractivity contribution in [2.75, 3.05) is 0 Å². The zero-order valence-corrected chi connectivity index (χ0v) is 9.37. The Morgan fingerprint density at radius 3 is 2.47 bits per heavy atom. The van der Waals surface area contributed by atoms with E-state index in [4.69, 9.17) is 9.57 Å². The van der Waals surface area contributed by atoms with Gasteiger partial charge in [-0.3, -0.25) is 0 Å². The van der Waals surface area contributed by atoms with Crippen LogP contribution < -0.4 is 9.57 Å². The smallest absolute Gasteiger partial charge is 0.161 e. The molecule has 0 unspecified atom stereocenters. The van der Waals surface area contributed by atoms with Crippen molar-refractivity contribution in [2.24, 2.45) is 5.16 Å². The Morgan fingerprint density at radius 1 is 0.941 bits per heavy atom. The Morgan fingerprint density at radius 2 is 1.71 bits per heavy atom. The van der Waals surface area contributed by atoms with E-state index in [2.05, 4.69) is 11.9 Å². The van der Waals surface area contributed by atoms with Gasteiger partial charge in [-0.1, -0.05) is 41.6 Å². The van der Waals surface area contributed by atoms with E-state index in [1.165, 1.54) is 0 Å². The van der Waals surface area contributed by atoms with Crippen LogP contribution in [0.4, 0.5) is 0 Å². The monoisotopic (exact) mass is 227 g/mol. The molecule has 0 fully saturated rings. The van der Waals surface area contributed by atoms with Crippen molar-refractivity contribution in [3.63, 3.8) is 0 Å². The summed E-state index contributed by atoms with van der Waals surface area (Å²) in [4.78, 5) is 4.93. The molecule has 0 aliphatic rings. The first-order chi connectivity index (χ1) is 8.38. The van der Waals surface area contributed by atoms with Gasteiger partial charge >= 0.3 is 0 Å². The Kier molecular flexibility index (Phi) is 3.76. The minimum atomic E-state index is 0.534. The molecule has 2 aromatic rings. The summed E-state index contributed by atoms with van der Waals surface area (Å²) >= 11 is 0. The molecule has 0 N–H and O–H groups in total. The summed E-state index contributed by atoms with van der Waals surface area (Å²) in [5.41, 5.74) is 1.13. The van der Waals surface area contributed by atoms with Crippen LogP contribution in [-0.4, -0.2) is 6.72 Å². The second-order valence-electron chi connectivity index (χ2n) is 3.47. The van der Waals surface area contributed by atoms with E-state index in [1.54, 1.807) is 12.1 Å². The Hall–Kier alpha value is -2.29. The average Bonchev–Trinajstić information content (AvgIpc) is 2.39. The second-order valence-corrected chi connectivity index (χ2v) is 3.47. The van der Waals surface area contributed by atoms with Gasteiger partial charge in [0.2, 0.25) is 0 Å². The fourth-order valence-corrected chi connectivity index (χ4v) is 1.44. The maximum Gasteiger partial charge on any atom is 0.161 e.